The summed E-state index contributed by atoms with van der Waals surface area (Å²) in [4.78, 5) is 6.50. The van der Waals surface area contributed by atoms with Crippen LogP contribution in [0.15, 0.2) is 48.5 Å². The van der Waals surface area contributed by atoms with E-state index in [0.717, 1.165) is 51.6 Å². The first kappa shape index (κ1) is 18.6. The molecule has 0 atom stereocenters. The van der Waals surface area contributed by atoms with Crippen molar-refractivity contribution in [3.8, 4) is 5.75 Å². The maximum atomic E-state index is 5.52. The molecule has 2 aromatic carbocycles. The van der Waals surface area contributed by atoms with Gasteiger partial charge in [-0.25, -0.2) is 0 Å². The number of rotatable bonds is 7. The zero-order chi connectivity index (χ0) is 18.4. The smallest absolute Gasteiger partial charge is 0.142 e. The number of methoxy groups -OCH3 is 1. The van der Waals surface area contributed by atoms with E-state index < -0.39 is 0 Å². The zero-order valence-corrected chi connectivity index (χ0v) is 16.4. The van der Waals surface area contributed by atoms with Gasteiger partial charge in [0.25, 0.3) is 0 Å². The first-order valence-corrected chi connectivity index (χ1v) is 9.80. The molecule has 0 saturated carbocycles. The molecule has 26 heavy (non-hydrogen) atoms. The van der Waals surface area contributed by atoms with Gasteiger partial charge in [-0.2, -0.15) is 0 Å². The molecule has 0 aliphatic carbocycles. The number of hydrogen-bond acceptors (Lipinski definition) is 3. The number of anilines is 2. The first-order chi connectivity index (χ1) is 12.7. The molecule has 0 radical (unpaired) electrons. The van der Waals surface area contributed by atoms with Gasteiger partial charge in [0, 0.05) is 24.3 Å². The molecule has 0 aromatic heterocycles. The van der Waals surface area contributed by atoms with Gasteiger partial charge in [-0.05, 0) is 38.1 Å². The van der Waals surface area contributed by atoms with E-state index in [2.05, 4.69) is 60.0 Å². The number of piperazine rings is 1. The number of para-hydroxylation sites is 2. The predicted octanol–water partition coefficient (Wildman–Crippen LogP) is 2.45. The number of hydrogen-bond donors (Lipinski definition) is 1. The Labute approximate surface area is 158 Å². The third-order valence-corrected chi connectivity index (χ3v) is 5.42. The predicted molar refractivity (Wildman–Crippen MR) is 110 cm³/mol. The fraction of sp³-hybridized carbons (Fsp3) is 0.455. The van der Waals surface area contributed by atoms with Crippen LogP contribution in [-0.4, -0.2) is 46.4 Å². The third-order valence-electron chi connectivity index (χ3n) is 5.42. The average Bonchev–Trinajstić information content (AvgIpc) is 2.71. The molecule has 1 N–H and O–H groups in total. The SMILES string of the molecule is CCN(CC)c1ccc(C[NH+]2CCN(c3ccccc3OC)CC2)cc1. The summed E-state index contributed by atoms with van der Waals surface area (Å²) in [6.07, 6.45) is 0. The van der Waals surface area contributed by atoms with E-state index in [9.17, 15) is 0 Å². The van der Waals surface area contributed by atoms with Gasteiger partial charge in [0.2, 0.25) is 0 Å². The van der Waals surface area contributed by atoms with Crippen molar-refractivity contribution in [1.82, 2.24) is 0 Å². The lowest BCUT2D eigenvalue weighted by Gasteiger charge is -2.34. The van der Waals surface area contributed by atoms with Crippen LogP contribution in [0.3, 0.4) is 0 Å². The maximum absolute atomic E-state index is 5.52. The minimum atomic E-state index is 0.975. The number of nitrogens with zero attached hydrogens (tertiary/aromatic N) is 2. The molecule has 1 aliphatic rings. The van der Waals surface area contributed by atoms with Crippen molar-refractivity contribution >= 4 is 11.4 Å². The summed E-state index contributed by atoms with van der Waals surface area (Å²) in [6, 6.07) is 17.5. The van der Waals surface area contributed by atoms with Crippen LogP contribution in [0.25, 0.3) is 0 Å². The van der Waals surface area contributed by atoms with E-state index in [1.54, 1.807) is 12.0 Å². The number of quaternary nitrogens is 1. The Morgan fingerprint density at radius 1 is 0.962 bits per heavy atom. The molecule has 0 amide bonds. The van der Waals surface area contributed by atoms with Gasteiger partial charge in [-0.15, -0.1) is 0 Å². The molecule has 1 saturated heterocycles. The lowest BCUT2D eigenvalue weighted by atomic mass is 10.1. The van der Waals surface area contributed by atoms with Crippen LogP contribution in [0.2, 0.25) is 0 Å². The molecule has 0 unspecified atom stereocenters. The summed E-state index contributed by atoms with van der Waals surface area (Å²) in [5.41, 5.74) is 3.98. The second-order valence-electron chi connectivity index (χ2n) is 6.92. The highest BCUT2D eigenvalue weighted by Gasteiger charge is 2.22. The van der Waals surface area contributed by atoms with E-state index in [-0.39, 0.29) is 0 Å². The Morgan fingerprint density at radius 2 is 1.62 bits per heavy atom. The van der Waals surface area contributed by atoms with Crippen molar-refractivity contribution in [2.45, 2.75) is 20.4 Å². The normalized spacial score (nSPS) is 15.1. The van der Waals surface area contributed by atoms with Gasteiger partial charge < -0.3 is 19.4 Å². The number of nitrogens with one attached hydrogen (secondary N) is 1. The molecule has 4 heteroatoms. The van der Waals surface area contributed by atoms with Crippen LogP contribution in [0.1, 0.15) is 19.4 Å². The summed E-state index contributed by atoms with van der Waals surface area (Å²) in [6.45, 7) is 12.1. The zero-order valence-electron chi connectivity index (χ0n) is 16.4. The fourth-order valence-electron chi connectivity index (χ4n) is 3.83. The molecule has 0 spiro atoms. The van der Waals surface area contributed by atoms with Crippen LogP contribution >= 0.6 is 0 Å². The van der Waals surface area contributed by atoms with Crippen LogP contribution < -0.4 is 19.4 Å². The molecule has 1 fully saturated rings. The van der Waals surface area contributed by atoms with Crippen LogP contribution in [0.5, 0.6) is 5.75 Å². The molecule has 4 nitrogen and oxygen atoms in total. The van der Waals surface area contributed by atoms with Crippen molar-refractivity contribution in [1.29, 1.82) is 0 Å². The van der Waals surface area contributed by atoms with Gasteiger partial charge in [0.15, 0.2) is 0 Å². The lowest BCUT2D eigenvalue weighted by Crippen LogP contribution is -3.13. The lowest BCUT2D eigenvalue weighted by molar-refractivity contribution is -0.914. The highest BCUT2D eigenvalue weighted by Crippen LogP contribution is 2.27. The summed E-state index contributed by atoms with van der Waals surface area (Å²) in [5.74, 6) is 0.975. The van der Waals surface area contributed by atoms with E-state index in [4.69, 9.17) is 4.74 Å². The highest BCUT2D eigenvalue weighted by molar-refractivity contribution is 5.58. The molecule has 2 aromatic rings. The van der Waals surface area contributed by atoms with E-state index >= 15 is 0 Å². The quantitative estimate of drug-likeness (QED) is 0.825. The van der Waals surface area contributed by atoms with Crippen LogP contribution in [-0.2, 0) is 6.54 Å². The van der Waals surface area contributed by atoms with E-state index in [0.29, 0.717) is 0 Å². The Hall–Kier alpha value is -2.20. The van der Waals surface area contributed by atoms with Crippen LogP contribution in [0.4, 0.5) is 11.4 Å². The highest BCUT2D eigenvalue weighted by atomic mass is 16.5. The molecular weight excluding hydrogens is 322 g/mol. The Bertz CT molecular complexity index is 674. The van der Waals surface area contributed by atoms with Gasteiger partial charge >= 0.3 is 0 Å². The molecular formula is C22H32N3O+. The molecule has 140 valence electrons. The largest absolute Gasteiger partial charge is 0.495 e. The van der Waals surface area contributed by atoms with E-state index in [1.807, 2.05) is 12.1 Å². The topological polar surface area (TPSA) is 20.2 Å². The van der Waals surface area contributed by atoms with E-state index in [1.165, 1.54) is 16.9 Å². The fourth-order valence-corrected chi connectivity index (χ4v) is 3.83. The van der Waals surface area contributed by atoms with Crippen molar-refractivity contribution in [2.75, 3.05) is 56.2 Å². The van der Waals surface area contributed by atoms with Crippen molar-refractivity contribution in [3.63, 3.8) is 0 Å². The second-order valence-corrected chi connectivity index (χ2v) is 6.92. The Morgan fingerprint density at radius 3 is 2.23 bits per heavy atom. The first-order valence-electron chi connectivity index (χ1n) is 9.80. The number of ether oxygens (including phenoxy) is 1. The summed E-state index contributed by atoms with van der Waals surface area (Å²) < 4.78 is 5.52. The second kappa shape index (κ2) is 8.95. The minimum absolute atomic E-state index is 0.975. The summed E-state index contributed by atoms with van der Waals surface area (Å²) in [5, 5.41) is 0. The van der Waals surface area contributed by atoms with Crippen LogP contribution in [0, 0.1) is 0 Å². The van der Waals surface area contributed by atoms with Gasteiger partial charge in [-0.1, -0.05) is 24.3 Å². The maximum Gasteiger partial charge on any atom is 0.142 e. The summed E-state index contributed by atoms with van der Waals surface area (Å²) in [7, 11) is 1.75. The van der Waals surface area contributed by atoms with Crippen molar-refractivity contribution in [2.24, 2.45) is 0 Å². The Balaban J connectivity index is 1.55. The number of benzene rings is 2. The molecule has 0 bridgehead atoms. The Kier molecular flexibility index (Phi) is 6.40. The summed E-state index contributed by atoms with van der Waals surface area (Å²) >= 11 is 0. The molecule has 1 heterocycles. The standard InChI is InChI=1S/C22H31N3O/c1-4-24(5-2)20-12-10-19(11-13-20)18-23-14-16-25(17-15-23)21-8-6-7-9-22(21)26-3/h6-13H,4-5,14-18H2,1-3H3/p+1. The third kappa shape index (κ3) is 4.31. The van der Waals surface area contributed by atoms with Crippen molar-refractivity contribution in [3.05, 3.63) is 54.1 Å². The van der Waals surface area contributed by atoms with Gasteiger partial charge in [-0.3, -0.25) is 0 Å². The van der Waals surface area contributed by atoms with Gasteiger partial charge in [0.05, 0.1) is 39.0 Å². The monoisotopic (exact) mass is 354 g/mol. The molecule has 1 aliphatic heterocycles. The van der Waals surface area contributed by atoms with Gasteiger partial charge in [0.1, 0.15) is 12.3 Å². The average molecular weight is 355 g/mol. The minimum Gasteiger partial charge on any atom is -0.495 e. The molecule has 3 rings (SSSR count). The van der Waals surface area contributed by atoms with Crippen molar-refractivity contribution < 1.29 is 9.64 Å².